The fourth-order valence-electron chi connectivity index (χ4n) is 1.56. The molecule has 0 heterocycles. The SMILES string of the molecule is Cc1cccc(N=Nc2cc(C=O)c(O)cc2O)c1. The van der Waals surface area contributed by atoms with E-state index < -0.39 is 0 Å². The first-order valence-electron chi connectivity index (χ1n) is 5.59. The van der Waals surface area contributed by atoms with Gasteiger partial charge in [-0.1, -0.05) is 12.1 Å². The summed E-state index contributed by atoms with van der Waals surface area (Å²) in [7, 11) is 0. The monoisotopic (exact) mass is 256 g/mol. The van der Waals surface area contributed by atoms with Crippen molar-refractivity contribution in [1.29, 1.82) is 0 Å². The molecule has 0 saturated carbocycles. The quantitative estimate of drug-likeness (QED) is 0.649. The standard InChI is InChI=1S/C14H12N2O3/c1-9-3-2-4-11(5-9)15-16-12-6-10(8-17)13(18)7-14(12)19/h2-8,18-19H,1H3. The van der Waals surface area contributed by atoms with Gasteiger partial charge in [-0.05, 0) is 30.7 Å². The van der Waals surface area contributed by atoms with E-state index in [2.05, 4.69) is 10.2 Å². The van der Waals surface area contributed by atoms with Crippen molar-refractivity contribution in [3.63, 3.8) is 0 Å². The topological polar surface area (TPSA) is 82.2 Å². The number of carbonyl (C=O) groups excluding carboxylic acids is 1. The van der Waals surface area contributed by atoms with Gasteiger partial charge in [-0.2, -0.15) is 5.11 Å². The Morgan fingerprint density at radius 2 is 1.84 bits per heavy atom. The van der Waals surface area contributed by atoms with E-state index in [4.69, 9.17) is 0 Å². The lowest BCUT2D eigenvalue weighted by atomic mass is 10.2. The molecule has 5 heteroatoms. The summed E-state index contributed by atoms with van der Waals surface area (Å²) in [4.78, 5) is 10.7. The van der Waals surface area contributed by atoms with E-state index in [9.17, 15) is 15.0 Å². The van der Waals surface area contributed by atoms with E-state index in [-0.39, 0.29) is 22.7 Å². The van der Waals surface area contributed by atoms with Crippen molar-refractivity contribution in [3.05, 3.63) is 47.5 Å². The van der Waals surface area contributed by atoms with Gasteiger partial charge < -0.3 is 10.2 Å². The summed E-state index contributed by atoms with van der Waals surface area (Å²) in [5.74, 6) is -0.526. The van der Waals surface area contributed by atoms with Crippen molar-refractivity contribution in [2.75, 3.05) is 0 Å². The highest BCUT2D eigenvalue weighted by molar-refractivity contribution is 5.82. The minimum atomic E-state index is -0.290. The highest BCUT2D eigenvalue weighted by atomic mass is 16.3. The summed E-state index contributed by atoms with van der Waals surface area (Å²) in [6.45, 7) is 1.93. The number of rotatable bonds is 3. The molecule has 2 rings (SSSR count). The molecule has 2 aromatic rings. The molecule has 0 aliphatic carbocycles. The molecule has 0 amide bonds. The predicted octanol–water partition coefficient (Wildman–Crippen LogP) is 3.63. The summed E-state index contributed by atoms with van der Waals surface area (Å²) in [6, 6.07) is 9.72. The van der Waals surface area contributed by atoms with E-state index in [0.717, 1.165) is 11.6 Å². The van der Waals surface area contributed by atoms with Gasteiger partial charge >= 0.3 is 0 Å². The number of aryl methyl sites for hydroxylation is 1. The van der Waals surface area contributed by atoms with Gasteiger partial charge in [0.05, 0.1) is 11.3 Å². The first-order valence-corrected chi connectivity index (χ1v) is 5.59. The summed E-state index contributed by atoms with van der Waals surface area (Å²) >= 11 is 0. The molecule has 0 saturated heterocycles. The Hall–Kier alpha value is -2.69. The Bertz CT molecular complexity index is 651. The van der Waals surface area contributed by atoms with Crippen LogP contribution < -0.4 is 0 Å². The Morgan fingerprint density at radius 3 is 2.53 bits per heavy atom. The van der Waals surface area contributed by atoms with Crippen LogP contribution >= 0.6 is 0 Å². The molecule has 0 aromatic heterocycles. The third-order valence-electron chi connectivity index (χ3n) is 2.53. The Labute approximate surface area is 109 Å². The van der Waals surface area contributed by atoms with Crippen LogP contribution in [-0.4, -0.2) is 16.5 Å². The van der Waals surface area contributed by atoms with Gasteiger partial charge in [0.1, 0.15) is 17.2 Å². The number of hydrogen-bond donors (Lipinski definition) is 2. The van der Waals surface area contributed by atoms with Crippen molar-refractivity contribution >= 4 is 17.7 Å². The first-order chi connectivity index (χ1) is 9.10. The van der Waals surface area contributed by atoms with Gasteiger partial charge in [-0.25, -0.2) is 0 Å². The molecule has 0 spiro atoms. The van der Waals surface area contributed by atoms with Crippen LogP contribution in [0.25, 0.3) is 0 Å². The Balaban J connectivity index is 2.35. The molecular weight excluding hydrogens is 244 g/mol. The summed E-state index contributed by atoms with van der Waals surface area (Å²) in [5, 5.41) is 26.8. The van der Waals surface area contributed by atoms with Gasteiger partial charge in [0.2, 0.25) is 0 Å². The third kappa shape index (κ3) is 2.95. The van der Waals surface area contributed by atoms with Gasteiger partial charge in [0, 0.05) is 6.07 Å². The second-order valence-corrected chi connectivity index (χ2v) is 4.06. The van der Waals surface area contributed by atoms with Crippen molar-refractivity contribution < 1.29 is 15.0 Å². The zero-order valence-corrected chi connectivity index (χ0v) is 10.2. The van der Waals surface area contributed by atoms with Crippen LogP contribution in [0.5, 0.6) is 11.5 Å². The maximum absolute atomic E-state index is 10.7. The molecule has 0 aliphatic heterocycles. The predicted molar refractivity (Wildman–Crippen MR) is 70.5 cm³/mol. The van der Waals surface area contributed by atoms with Crippen LogP contribution in [0.15, 0.2) is 46.6 Å². The van der Waals surface area contributed by atoms with Crippen LogP contribution in [0, 0.1) is 6.92 Å². The van der Waals surface area contributed by atoms with Crippen LogP contribution in [0.1, 0.15) is 15.9 Å². The molecular formula is C14H12N2O3. The smallest absolute Gasteiger partial charge is 0.153 e. The third-order valence-corrected chi connectivity index (χ3v) is 2.53. The van der Waals surface area contributed by atoms with E-state index in [1.54, 1.807) is 6.07 Å². The number of carbonyl (C=O) groups is 1. The second-order valence-electron chi connectivity index (χ2n) is 4.06. The lowest BCUT2D eigenvalue weighted by Crippen LogP contribution is -1.81. The number of nitrogens with zero attached hydrogens (tertiary/aromatic N) is 2. The zero-order valence-electron chi connectivity index (χ0n) is 10.2. The fourth-order valence-corrected chi connectivity index (χ4v) is 1.56. The van der Waals surface area contributed by atoms with Gasteiger partial charge in [0.25, 0.3) is 0 Å². The second kappa shape index (κ2) is 5.30. The van der Waals surface area contributed by atoms with Gasteiger partial charge in [-0.3, -0.25) is 4.79 Å². The minimum absolute atomic E-state index is 0.0518. The number of aromatic hydroxyl groups is 2. The van der Waals surface area contributed by atoms with Crippen LogP contribution in [0.3, 0.4) is 0 Å². The number of benzene rings is 2. The normalized spacial score (nSPS) is 10.8. The maximum Gasteiger partial charge on any atom is 0.153 e. The molecule has 19 heavy (non-hydrogen) atoms. The average Bonchev–Trinajstić information content (AvgIpc) is 2.38. The largest absolute Gasteiger partial charge is 0.507 e. The number of phenols is 2. The van der Waals surface area contributed by atoms with Crippen molar-refractivity contribution in [3.8, 4) is 11.5 Å². The van der Waals surface area contributed by atoms with Crippen molar-refractivity contribution in [1.82, 2.24) is 0 Å². The van der Waals surface area contributed by atoms with E-state index in [0.29, 0.717) is 12.0 Å². The molecule has 0 radical (unpaired) electrons. The first kappa shape index (κ1) is 12.8. The molecule has 0 unspecified atom stereocenters. The molecule has 2 aromatic carbocycles. The summed E-state index contributed by atoms with van der Waals surface area (Å²) in [6.07, 6.45) is 0.487. The minimum Gasteiger partial charge on any atom is -0.507 e. The number of azo groups is 1. The highest BCUT2D eigenvalue weighted by Gasteiger charge is 2.07. The van der Waals surface area contributed by atoms with Crippen LogP contribution in [0.2, 0.25) is 0 Å². The Morgan fingerprint density at radius 1 is 1.05 bits per heavy atom. The molecule has 0 atom stereocenters. The fraction of sp³-hybridized carbons (Fsp3) is 0.0714. The average molecular weight is 256 g/mol. The lowest BCUT2D eigenvalue weighted by Gasteiger charge is -2.01. The number of phenolic OH excluding ortho intramolecular Hbond substituents is 2. The van der Waals surface area contributed by atoms with Crippen LogP contribution in [-0.2, 0) is 0 Å². The number of hydrogen-bond acceptors (Lipinski definition) is 5. The molecule has 0 aliphatic rings. The van der Waals surface area contributed by atoms with Gasteiger partial charge in [0.15, 0.2) is 6.29 Å². The Kier molecular flexibility index (Phi) is 3.56. The number of aldehydes is 1. The van der Waals surface area contributed by atoms with E-state index >= 15 is 0 Å². The van der Waals surface area contributed by atoms with Crippen molar-refractivity contribution in [2.24, 2.45) is 10.2 Å². The highest BCUT2D eigenvalue weighted by Crippen LogP contribution is 2.33. The maximum atomic E-state index is 10.7. The lowest BCUT2D eigenvalue weighted by molar-refractivity contribution is 0.112. The summed E-state index contributed by atoms with van der Waals surface area (Å²) < 4.78 is 0. The zero-order chi connectivity index (χ0) is 13.8. The molecule has 2 N–H and O–H groups in total. The van der Waals surface area contributed by atoms with E-state index in [1.807, 2.05) is 25.1 Å². The van der Waals surface area contributed by atoms with E-state index in [1.165, 1.54) is 6.07 Å². The molecule has 0 bridgehead atoms. The molecule has 96 valence electrons. The van der Waals surface area contributed by atoms with Gasteiger partial charge in [-0.15, -0.1) is 5.11 Å². The molecule has 0 fully saturated rings. The van der Waals surface area contributed by atoms with Crippen LogP contribution in [0.4, 0.5) is 11.4 Å². The molecule has 5 nitrogen and oxygen atoms in total. The van der Waals surface area contributed by atoms with Crippen molar-refractivity contribution in [2.45, 2.75) is 6.92 Å². The summed E-state index contributed by atoms with van der Waals surface area (Å²) in [5.41, 5.74) is 1.86.